The lowest BCUT2D eigenvalue weighted by Crippen LogP contribution is -2.44. The maximum Gasteiger partial charge on any atom is 0.336 e. The van der Waals surface area contributed by atoms with E-state index in [0.717, 1.165) is 0 Å². The molecule has 0 aromatic heterocycles. The average Bonchev–Trinajstić information content (AvgIpc) is 2.48. The van der Waals surface area contributed by atoms with Crippen LogP contribution in [0.3, 0.4) is 0 Å². The number of hydrogen-bond acceptors (Lipinski definition) is 4. The van der Waals surface area contributed by atoms with Gasteiger partial charge in [0.1, 0.15) is 0 Å². The first-order valence-electron chi connectivity index (χ1n) is 7.25. The van der Waals surface area contributed by atoms with Crippen LogP contribution in [0, 0.1) is 5.92 Å². The summed E-state index contributed by atoms with van der Waals surface area (Å²) in [6, 6.07) is 4.72. The molecule has 1 unspecified atom stereocenters. The van der Waals surface area contributed by atoms with Crippen molar-refractivity contribution in [2.45, 2.75) is 13.8 Å². The van der Waals surface area contributed by atoms with E-state index in [1.807, 2.05) is 6.92 Å². The van der Waals surface area contributed by atoms with Gasteiger partial charge >= 0.3 is 5.97 Å². The van der Waals surface area contributed by atoms with Gasteiger partial charge < -0.3 is 15.4 Å². The molecule has 1 aromatic rings. The van der Waals surface area contributed by atoms with Crippen molar-refractivity contribution in [1.29, 1.82) is 0 Å². The molecule has 0 radical (unpaired) electrons. The molecule has 0 bridgehead atoms. The highest BCUT2D eigenvalue weighted by Crippen LogP contribution is 2.26. The first kappa shape index (κ1) is 17.6. The van der Waals surface area contributed by atoms with E-state index in [4.69, 9.17) is 33.7 Å². The fraction of sp³-hybridized carbons (Fsp3) is 0.375. The van der Waals surface area contributed by atoms with Gasteiger partial charge in [0.2, 0.25) is 0 Å². The minimum Gasteiger partial charge on any atom is -0.463 e. The summed E-state index contributed by atoms with van der Waals surface area (Å²) in [6.07, 6.45) is 0. The fourth-order valence-corrected chi connectivity index (χ4v) is 2.90. The molecule has 1 aromatic carbocycles. The van der Waals surface area contributed by atoms with Crippen LogP contribution in [-0.2, 0) is 9.53 Å². The summed E-state index contributed by atoms with van der Waals surface area (Å²) in [5.74, 6) is -0.824. The minimum absolute atomic E-state index is 0.178. The molecule has 0 fully saturated rings. The molecule has 0 saturated heterocycles. The molecule has 0 aliphatic carbocycles. The van der Waals surface area contributed by atoms with Gasteiger partial charge in [-0.15, -0.1) is 0 Å². The van der Waals surface area contributed by atoms with Gasteiger partial charge in [-0.2, -0.15) is 0 Å². The number of carbonyl (C=O) groups is 2. The lowest BCUT2D eigenvalue weighted by atomic mass is 9.94. The van der Waals surface area contributed by atoms with Crippen LogP contribution in [-0.4, -0.2) is 36.5 Å². The van der Waals surface area contributed by atoms with Crippen molar-refractivity contribution in [2.75, 3.05) is 19.7 Å². The lowest BCUT2D eigenvalue weighted by Gasteiger charge is -2.32. The minimum atomic E-state index is -0.417. The van der Waals surface area contributed by atoms with Crippen molar-refractivity contribution >= 4 is 35.1 Å². The van der Waals surface area contributed by atoms with Gasteiger partial charge in [-0.1, -0.05) is 30.1 Å². The van der Waals surface area contributed by atoms with Crippen molar-refractivity contribution in [3.63, 3.8) is 0 Å². The Balaban J connectivity index is 2.22. The van der Waals surface area contributed by atoms with E-state index in [1.54, 1.807) is 24.0 Å². The number of rotatable bonds is 3. The molecule has 7 heteroatoms. The van der Waals surface area contributed by atoms with Crippen LogP contribution in [0.4, 0.5) is 0 Å². The van der Waals surface area contributed by atoms with Gasteiger partial charge in [0, 0.05) is 23.7 Å². The quantitative estimate of drug-likeness (QED) is 0.845. The lowest BCUT2D eigenvalue weighted by molar-refractivity contribution is -0.139. The molecular weight excluding hydrogens is 339 g/mol. The summed E-state index contributed by atoms with van der Waals surface area (Å²) in [4.78, 5) is 26.1. The number of hydrogen-bond donors (Lipinski definition) is 1. The molecule has 1 aliphatic rings. The van der Waals surface area contributed by atoms with Crippen LogP contribution in [0.2, 0.25) is 10.0 Å². The summed E-state index contributed by atoms with van der Waals surface area (Å²) in [5, 5.41) is 0.706. The van der Waals surface area contributed by atoms with Gasteiger partial charge in [-0.25, -0.2) is 4.79 Å². The van der Waals surface area contributed by atoms with E-state index in [1.165, 1.54) is 6.07 Å². The largest absolute Gasteiger partial charge is 0.463 e. The SMILES string of the molecule is CCOC(=O)C1=C(N)CN(C(=O)c2ccc(Cl)c(Cl)c2)CC1C. The van der Waals surface area contributed by atoms with Crippen molar-refractivity contribution in [1.82, 2.24) is 4.90 Å². The van der Waals surface area contributed by atoms with Gasteiger partial charge in [0.25, 0.3) is 5.91 Å². The van der Waals surface area contributed by atoms with Crippen molar-refractivity contribution in [3.05, 3.63) is 45.1 Å². The van der Waals surface area contributed by atoms with Crippen molar-refractivity contribution < 1.29 is 14.3 Å². The molecule has 23 heavy (non-hydrogen) atoms. The first-order valence-corrected chi connectivity index (χ1v) is 8.00. The van der Waals surface area contributed by atoms with Crippen LogP contribution < -0.4 is 5.73 Å². The van der Waals surface area contributed by atoms with E-state index in [9.17, 15) is 9.59 Å². The molecule has 2 N–H and O–H groups in total. The average molecular weight is 357 g/mol. The molecule has 1 amide bonds. The van der Waals surface area contributed by atoms with Crippen molar-refractivity contribution in [2.24, 2.45) is 11.7 Å². The maximum absolute atomic E-state index is 12.6. The highest BCUT2D eigenvalue weighted by atomic mass is 35.5. The van der Waals surface area contributed by atoms with Gasteiger partial charge in [-0.3, -0.25) is 4.79 Å². The standard InChI is InChI=1S/C16H18Cl2N2O3/c1-3-23-16(22)14-9(2)7-20(8-13(14)19)15(21)10-4-5-11(17)12(18)6-10/h4-6,9H,3,7-8,19H2,1-2H3. The normalized spacial score (nSPS) is 18.1. The van der Waals surface area contributed by atoms with E-state index in [2.05, 4.69) is 0 Å². The van der Waals surface area contributed by atoms with Gasteiger partial charge in [0.15, 0.2) is 0 Å². The summed E-state index contributed by atoms with van der Waals surface area (Å²) < 4.78 is 5.02. The number of esters is 1. The Morgan fingerprint density at radius 3 is 2.61 bits per heavy atom. The molecule has 1 heterocycles. The number of nitrogens with zero attached hydrogens (tertiary/aromatic N) is 1. The van der Waals surface area contributed by atoms with Gasteiger partial charge in [0.05, 0.1) is 28.8 Å². The Morgan fingerprint density at radius 2 is 2.04 bits per heavy atom. The number of amides is 1. The van der Waals surface area contributed by atoms with Crippen LogP contribution in [0.5, 0.6) is 0 Å². The van der Waals surface area contributed by atoms with E-state index >= 15 is 0 Å². The van der Waals surface area contributed by atoms with Crippen molar-refractivity contribution in [3.8, 4) is 0 Å². The smallest absolute Gasteiger partial charge is 0.336 e. The molecule has 5 nitrogen and oxygen atoms in total. The third-order valence-electron chi connectivity index (χ3n) is 3.64. The Hall–Kier alpha value is -1.72. The second-order valence-electron chi connectivity index (χ2n) is 5.37. The second kappa shape index (κ2) is 7.23. The summed E-state index contributed by atoms with van der Waals surface area (Å²) in [7, 11) is 0. The molecule has 2 rings (SSSR count). The first-order chi connectivity index (χ1) is 10.8. The highest BCUT2D eigenvalue weighted by Gasteiger charge is 2.31. The summed E-state index contributed by atoms with van der Waals surface area (Å²) in [6.45, 7) is 4.43. The molecule has 0 spiro atoms. The zero-order valence-corrected chi connectivity index (χ0v) is 14.4. The zero-order chi connectivity index (χ0) is 17.1. The van der Waals surface area contributed by atoms with Crippen LogP contribution >= 0.6 is 23.2 Å². The molecule has 124 valence electrons. The Kier molecular flexibility index (Phi) is 5.55. The predicted octanol–water partition coefficient (Wildman–Crippen LogP) is 2.86. The van der Waals surface area contributed by atoms with E-state index < -0.39 is 5.97 Å². The molecule has 0 saturated carbocycles. The van der Waals surface area contributed by atoms with E-state index in [-0.39, 0.29) is 25.0 Å². The number of benzene rings is 1. The number of ether oxygens (including phenoxy) is 1. The van der Waals surface area contributed by atoms with E-state index in [0.29, 0.717) is 33.4 Å². The molecular formula is C16H18Cl2N2O3. The third kappa shape index (κ3) is 3.79. The summed E-state index contributed by atoms with van der Waals surface area (Å²) >= 11 is 11.8. The molecule has 1 aliphatic heterocycles. The Bertz CT molecular complexity index is 673. The number of carbonyl (C=O) groups excluding carboxylic acids is 2. The fourth-order valence-electron chi connectivity index (χ4n) is 2.60. The zero-order valence-electron chi connectivity index (χ0n) is 12.9. The monoisotopic (exact) mass is 356 g/mol. The third-order valence-corrected chi connectivity index (χ3v) is 4.38. The molecule has 1 atom stereocenters. The van der Waals surface area contributed by atoms with Crippen LogP contribution in [0.25, 0.3) is 0 Å². The Morgan fingerprint density at radius 1 is 1.35 bits per heavy atom. The topological polar surface area (TPSA) is 72.6 Å². The number of nitrogens with two attached hydrogens (primary N) is 1. The van der Waals surface area contributed by atoms with Crippen LogP contribution in [0.1, 0.15) is 24.2 Å². The maximum atomic E-state index is 12.6. The van der Waals surface area contributed by atoms with Gasteiger partial charge in [-0.05, 0) is 25.1 Å². The van der Waals surface area contributed by atoms with Crippen LogP contribution in [0.15, 0.2) is 29.5 Å². The predicted molar refractivity (Wildman–Crippen MR) is 89.4 cm³/mol. The Labute approximate surface area is 145 Å². The highest BCUT2D eigenvalue weighted by molar-refractivity contribution is 6.42. The number of halogens is 2. The summed E-state index contributed by atoms with van der Waals surface area (Å²) in [5.41, 5.74) is 7.23. The second-order valence-corrected chi connectivity index (χ2v) is 6.19.